The van der Waals surface area contributed by atoms with Gasteiger partial charge in [-0.25, -0.2) is 4.39 Å². The summed E-state index contributed by atoms with van der Waals surface area (Å²) in [6, 6.07) is 13.1. The van der Waals surface area contributed by atoms with Crippen molar-refractivity contribution in [3.8, 4) is 0 Å². The Labute approximate surface area is 148 Å². The average molecular weight is 393 g/mol. The summed E-state index contributed by atoms with van der Waals surface area (Å²) in [6.07, 6.45) is 0. The van der Waals surface area contributed by atoms with Gasteiger partial charge in [0.25, 0.3) is 5.91 Å². The zero-order chi connectivity index (χ0) is 17.5. The molecule has 126 valence electrons. The van der Waals surface area contributed by atoms with Crippen LogP contribution in [0.2, 0.25) is 0 Å². The molecule has 2 aromatic rings. The predicted molar refractivity (Wildman–Crippen MR) is 94.0 cm³/mol. The average Bonchev–Trinajstić information content (AvgIpc) is 2.56. The molecule has 2 aromatic carbocycles. The van der Waals surface area contributed by atoms with Crippen molar-refractivity contribution >= 4 is 27.7 Å². The van der Waals surface area contributed by atoms with Gasteiger partial charge < -0.3 is 10.2 Å². The van der Waals surface area contributed by atoms with Crippen LogP contribution in [0.5, 0.6) is 0 Å². The second kappa shape index (κ2) is 8.59. The second-order valence-corrected chi connectivity index (χ2v) is 6.25. The van der Waals surface area contributed by atoms with E-state index in [1.807, 2.05) is 0 Å². The number of nitrogens with one attached hydrogen (secondary N) is 1. The summed E-state index contributed by atoms with van der Waals surface area (Å²) in [4.78, 5) is 25.4. The summed E-state index contributed by atoms with van der Waals surface area (Å²) >= 11 is 3.32. The lowest BCUT2D eigenvalue weighted by Gasteiger charge is -2.21. The first-order chi connectivity index (χ1) is 11.5. The fourth-order valence-corrected chi connectivity index (χ4v) is 2.43. The highest BCUT2D eigenvalue weighted by Crippen LogP contribution is 2.10. The molecule has 24 heavy (non-hydrogen) atoms. The molecule has 0 unspecified atom stereocenters. The molecule has 0 radical (unpaired) electrons. The molecule has 2 amide bonds. The molecular formula is C18H18BrFN2O2. The van der Waals surface area contributed by atoms with Crippen LogP contribution in [-0.2, 0) is 11.3 Å². The Morgan fingerprint density at radius 2 is 1.71 bits per heavy atom. The third kappa shape index (κ3) is 5.45. The summed E-state index contributed by atoms with van der Waals surface area (Å²) < 4.78 is 13.8. The van der Waals surface area contributed by atoms with Crippen LogP contribution in [0.3, 0.4) is 0 Å². The maximum atomic E-state index is 12.9. The van der Waals surface area contributed by atoms with Gasteiger partial charge in [-0.1, -0.05) is 28.1 Å². The molecule has 1 N–H and O–H groups in total. The van der Waals surface area contributed by atoms with Gasteiger partial charge in [0.2, 0.25) is 5.91 Å². The van der Waals surface area contributed by atoms with Crippen LogP contribution >= 0.6 is 15.9 Å². The molecule has 0 aromatic heterocycles. The van der Waals surface area contributed by atoms with Gasteiger partial charge in [-0.05, 0) is 42.0 Å². The van der Waals surface area contributed by atoms with Gasteiger partial charge in [0.05, 0.1) is 0 Å². The summed E-state index contributed by atoms with van der Waals surface area (Å²) in [5.41, 5.74) is 1.40. The van der Waals surface area contributed by atoms with Gasteiger partial charge in [0.15, 0.2) is 0 Å². The van der Waals surface area contributed by atoms with Crippen molar-refractivity contribution < 1.29 is 14.0 Å². The molecule has 0 saturated carbocycles. The topological polar surface area (TPSA) is 49.4 Å². The van der Waals surface area contributed by atoms with E-state index >= 15 is 0 Å². The minimum atomic E-state index is -0.310. The molecular weight excluding hydrogens is 375 g/mol. The molecule has 0 fully saturated rings. The molecule has 2 rings (SSSR count). The third-order valence-electron chi connectivity index (χ3n) is 3.51. The number of nitrogens with zero attached hydrogens (tertiary/aromatic N) is 1. The van der Waals surface area contributed by atoms with Crippen LogP contribution < -0.4 is 5.32 Å². The van der Waals surface area contributed by atoms with Crippen LogP contribution in [0.1, 0.15) is 22.8 Å². The molecule has 0 aliphatic carbocycles. The molecule has 0 heterocycles. The summed E-state index contributed by atoms with van der Waals surface area (Å²) in [7, 11) is 0. The molecule has 6 heteroatoms. The van der Waals surface area contributed by atoms with E-state index in [0.717, 1.165) is 10.0 Å². The number of carbonyl (C=O) groups is 2. The standard InChI is InChI=1S/C18H18BrFN2O2/c1-13(23)22(12-14-2-8-17(20)9-3-14)11-10-21-18(24)15-4-6-16(19)7-5-15/h2-9H,10-12H2,1H3,(H,21,24). The number of rotatable bonds is 6. The minimum Gasteiger partial charge on any atom is -0.350 e. The van der Waals surface area contributed by atoms with Crippen LogP contribution in [0.4, 0.5) is 4.39 Å². The van der Waals surface area contributed by atoms with E-state index in [9.17, 15) is 14.0 Å². The highest BCUT2D eigenvalue weighted by molar-refractivity contribution is 9.10. The first-order valence-electron chi connectivity index (χ1n) is 7.49. The molecule has 0 saturated heterocycles. The van der Waals surface area contributed by atoms with E-state index in [1.165, 1.54) is 19.1 Å². The van der Waals surface area contributed by atoms with Gasteiger partial charge in [0, 0.05) is 36.6 Å². The fraction of sp³-hybridized carbons (Fsp3) is 0.222. The summed E-state index contributed by atoms with van der Waals surface area (Å²) in [6.45, 7) is 2.58. The van der Waals surface area contributed by atoms with Crippen LogP contribution in [0, 0.1) is 5.82 Å². The van der Waals surface area contributed by atoms with Crippen molar-refractivity contribution in [1.29, 1.82) is 0 Å². The molecule has 4 nitrogen and oxygen atoms in total. The van der Waals surface area contributed by atoms with Gasteiger partial charge in [0.1, 0.15) is 5.82 Å². The van der Waals surface area contributed by atoms with Gasteiger partial charge >= 0.3 is 0 Å². The van der Waals surface area contributed by atoms with E-state index in [0.29, 0.717) is 25.2 Å². The van der Waals surface area contributed by atoms with Crippen molar-refractivity contribution in [3.63, 3.8) is 0 Å². The normalized spacial score (nSPS) is 10.3. The number of hydrogen-bond acceptors (Lipinski definition) is 2. The lowest BCUT2D eigenvalue weighted by atomic mass is 10.2. The predicted octanol–water partition coefficient (Wildman–Crippen LogP) is 3.37. The molecule has 0 atom stereocenters. The quantitative estimate of drug-likeness (QED) is 0.818. The lowest BCUT2D eigenvalue weighted by Crippen LogP contribution is -2.37. The van der Waals surface area contributed by atoms with Gasteiger partial charge in [-0.2, -0.15) is 0 Å². The SMILES string of the molecule is CC(=O)N(CCNC(=O)c1ccc(Br)cc1)Cc1ccc(F)cc1. The monoisotopic (exact) mass is 392 g/mol. The van der Waals surface area contributed by atoms with E-state index in [2.05, 4.69) is 21.2 Å². The zero-order valence-electron chi connectivity index (χ0n) is 13.3. The van der Waals surface area contributed by atoms with Crippen LogP contribution in [0.25, 0.3) is 0 Å². The Bertz CT molecular complexity index is 702. The largest absolute Gasteiger partial charge is 0.350 e. The number of halogens is 2. The maximum absolute atomic E-state index is 12.9. The number of amides is 2. The van der Waals surface area contributed by atoms with E-state index in [-0.39, 0.29) is 17.6 Å². The Kier molecular flexibility index (Phi) is 6.49. The number of benzene rings is 2. The van der Waals surface area contributed by atoms with E-state index < -0.39 is 0 Å². The highest BCUT2D eigenvalue weighted by atomic mass is 79.9. The summed E-state index contributed by atoms with van der Waals surface area (Å²) in [5, 5.41) is 2.79. The Morgan fingerprint density at radius 3 is 2.29 bits per heavy atom. The molecule has 0 spiro atoms. The lowest BCUT2D eigenvalue weighted by molar-refractivity contribution is -0.129. The van der Waals surface area contributed by atoms with Gasteiger partial charge in [-0.3, -0.25) is 9.59 Å². The fourth-order valence-electron chi connectivity index (χ4n) is 2.17. The van der Waals surface area contributed by atoms with Crippen molar-refractivity contribution in [1.82, 2.24) is 10.2 Å². The highest BCUT2D eigenvalue weighted by Gasteiger charge is 2.11. The third-order valence-corrected chi connectivity index (χ3v) is 4.03. The smallest absolute Gasteiger partial charge is 0.251 e. The minimum absolute atomic E-state index is 0.0998. The molecule has 0 aliphatic heterocycles. The Balaban J connectivity index is 1.87. The van der Waals surface area contributed by atoms with Crippen molar-refractivity contribution in [3.05, 3.63) is 69.9 Å². The first-order valence-corrected chi connectivity index (χ1v) is 8.29. The summed E-state index contributed by atoms with van der Waals surface area (Å²) in [5.74, 6) is -0.597. The van der Waals surface area contributed by atoms with Crippen molar-refractivity contribution in [2.75, 3.05) is 13.1 Å². The van der Waals surface area contributed by atoms with E-state index in [4.69, 9.17) is 0 Å². The Hall–Kier alpha value is -2.21. The second-order valence-electron chi connectivity index (χ2n) is 5.33. The molecule has 0 bridgehead atoms. The maximum Gasteiger partial charge on any atom is 0.251 e. The van der Waals surface area contributed by atoms with E-state index in [1.54, 1.807) is 41.3 Å². The van der Waals surface area contributed by atoms with Crippen LogP contribution in [0.15, 0.2) is 53.0 Å². The first kappa shape index (κ1) is 18.1. The van der Waals surface area contributed by atoms with Crippen molar-refractivity contribution in [2.45, 2.75) is 13.5 Å². The molecule has 0 aliphatic rings. The van der Waals surface area contributed by atoms with Crippen LogP contribution in [-0.4, -0.2) is 29.8 Å². The Morgan fingerprint density at radius 1 is 1.08 bits per heavy atom. The van der Waals surface area contributed by atoms with Gasteiger partial charge in [-0.15, -0.1) is 0 Å². The van der Waals surface area contributed by atoms with Crippen molar-refractivity contribution in [2.24, 2.45) is 0 Å². The zero-order valence-corrected chi connectivity index (χ0v) is 14.8. The number of hydrogen-bond donors (Lipinski definition) is 1. The number of carbonyl (C=O) groups excluding carboxylic acids is 2.